The molecule has 4 rings (SSSR count). The molecule has 1 N–H and O–H groups in total. The molecule has 1 aromatic carbocycles. The van der Waals surface area contributed by atoms with E-state index < -0.39 is 0 Å². The van der Waals surface area contributed by atoms with Gasteiger partial charge in [0.25, 0.3) is 5.56 Å². The molecule has 174 valence electrons. The Morgan fingerprint density at radius 3 is 2.91 bits per heavy atom. The summed E-state index contributed by atoms with van der Waals surface area (Å²) in [6.45, 7) is 6.98. The summed E-state index contributed by atoms with van der Waals surface area (Å²) in [6.07, 6.45) is 5.49. The molecule has 0 spiro atoms. The van der Waals surface area contributed by atoms with E-state index in [1.807, 2.05) is 24.3 Å². The van der Waals surface area contributed by atoms with Gasteiger partial charge in [-0.1, -0.05) is 36.9 Å². The van der Waals surface area contributed by atoms with Gasteiger partial charge in [-0.2, -0.15) is 0 Å². The first-order valence-electron chi connectivity index (χ1n) is 11.2. The lowest BCUT2D eigenvalue weighted by molar-refractivity contribution is -0.118. The van der Waals surface area contributed by atoms with Crippen molar-refractivity contribution in [1.29, 1.82) is 0 Å². The van der Waals surface area contributed by atoms with Crippen LogP contribution in [0.15, 0.2) is 46.9 Å². The predicted octanol–water partition coefficient (Wildman–Crippen LogP) is 4.23. The van der Waals surface area contributed by atoms with Gasteiger partial charge in [-0.25, -0.2) is 4.98 Å². The molecule has 0 fully saturated rings. The number of methoxy groups -OCH3 is 1. The van der Waals surface area contributed by atoms with Crippen molar-refractivity contribution in [1.82, 2.24) is 14.9 Å². The van der Waals surface area contributed by atoms with E-state index in [1.165, 1.54) is 22.2 Å². The van der Waals surface area contributed by atoms with Gasteiger partial charge >= 0.3 is 0 Å². The number of fused-ring (bicyclic) bond motifs is 3. The van der Waals surface area contributed by atoms with E-state index in [-0.39, 0.29) is 17.2 Å². The zero-order chi connectivity index (χ0) is 23.4. The first-order chi connectivity index (χ1) is 16.0. The van der Waals surface area contributed by atoms with Crippen molar-refractivity contribution in [3.8, 4) is 5.75 Å². The smallest absolute Gasteiger partial charge is 0.263 e. The summed E-state index contributed by atoms with van der Waals surface area (Å²) >= 11 is 2.94. The molecule has 33 heavy (non-hydrogen) atoms. The highest BCUT2D eigenvalue weighted by Gasteiger charge is 2.24. The lowest BCUT2D eigenvalue weighted by Crippen LogP contribution is -2.28. The van der Waals surface area contributed by atoms with Crippen LogP contribution in [0.5, 0.6) is 5.75 Å². The van der Waals surface area contributed by atoms with Crippen LogP contribution in [-0.2, 0) is 30.6 Å². The average molecular weight is 484 g/mol. The van der Waals surface area contributed by atoms with E-state index in [0.717, 1.165) is 47.2 Å². The van der Waals surface area contributed by atoms with Crippen molar-refractivity contribution in [3.05, 3.63) is 63.3 Å². The number of carbonyl (C=O) groups excluding carboxylic acids is 1. The minimum atomic E-state index is -0.0766. The molecule has 3 aromatic rings. The summed E-state index contributed by atoms with van der Waals surface area (Å²) in [5.74, 6) is 1.58. The Kier molecular flexibility index (Phi) is 7.55. The van der Waals surface area contributed by atoms with Crippen LogP contribution in [0, 0.1) is 5.92 Å². The number of hydrogen-bond donors (Lipinski definition) is 1. The minimum absolute atomic E-state index is 0.0191. The third-order valence-electron chi connectivity index (χ3n) is 5.92. The fraction of sp³-hybridized carbons (Fsp3) is 0.400. The highest BCUT2D eigenvalue weighted by atomic mass is 32.2. The number of thioether (sulfide) groups is 1. The third kappa shape index (κ3) is 5.33. The fourth-order valence-electron chi connectivity index (χ4n) is 4.12. The summed E-state index contributed by atoms with van der Waals surface area (Å²) in [4.78, 5) is 32.7. The SMILES string of the molecule is C=CCn1c(SCC(=O)NCCc2ccc(OC)cc2)nc2sc3c(c2c1=O)CC[C@H](C)C3. The molecule has 0 saturated heterocycles. The number of nitrogens with zero attached hydrogens (tertiary/aromatic N) is 2. The maximum absolute atomic E-state index is 13.3. The number of nitrogens with one attached hydrogen (secondary N) is 1. The van der Waals surface area contributed by atoms with Gasteiger partial charge in [0.1, 0.15) is 10.6 Å². The Balaban J connectivity index is 1.43. The van der Waals surface area contributed by atoms with Crippen molar-refractivity contribution in [3.63, 3.8) is 0 Å². The molecule has 2 aromatic heterocycles. The molecule has 0 aliphatic heterocycles. The van der Waals surface area contributed by atoms with Gasteiger partial charge in [0.2, 0.25) is 5.91 Å². The third-order valence-corrected chi connectivity index (χ3v) is 8.04. The second-order valence-electron chi connectivity index (χ2n) is 8.37. The Morgan fingerprint density at radius 2 is 2.18 bits per heavy atom. The number of carbonyl (C=O) groups is 1. The van der Waals surface area contributed by atoms with E-state index in [0.29, 0.717) is 24.2 Å². The van der Waals surface area contributed by atoms with E-state index in [4.69, 9.17) is 9.72 Å². The van der Waals surface area contributed by atoms with Crippen LogP contribution in [0.4, 0.5) is 0 Å². The average Bonchev–Trinajstić information content (AvgIpc) is 3.17. The zero-order valence-electron chi connectivity index (χ0n) is 19.1. The first kappa shape index (κ1) is 23.6. The quantitative estimate of drug-likeness (QED) is 0.280. The summed E-state index contributed by atoms with van der Waals surface area (Å²) in [6, 6.07) is 7.82. The molecule has 1 atom stereocenters. The highest BCUT2D eigenvalue weighted by molar-refractivity contribution is 7.99. The van der Waals surface area contributed by atoms with Gasteiger partial charge in [0.05, 0.1) is 18.2 Å². The summed E-state index contributed by atoms with van der Waals surface area (Å²) in [7, 11) is 1.64. The number of benzene rings is 1. The van der Waals surface area contributed by atoms with Gasteiger partial charge in [-0.3, -0.25) is 14.2 Å². The minimum Gasteiger partial charge on any atom is -0.497 e. The number of thiophene rings is 1. The molecule has 0 bridgehead atoms. The second kappa shape index (κ2) is 10.6. The second-order valence-corrected chi connectivity index (χ2v) is 10.4. The molecule has 0 unspecified atom stereocenters. The fourth-order valence-corrected chi connectivity index (χ4v) is 6.39. The van der Waals surface area contributed by atoms with Gasteiger partial charge < -0.3 is 10.1 Å². The van der Waals surface area contributed by atoms with Crippen LogP contribution in [-0.4, -0.2) is 34.9 Å². The van der Waals surface area contributed by atoms with Crippen LogP contribution in [0.2, 0.25) is 0 Å². The van der Waals surface area contributed by atoms with E-state index in [9.17, 15) is 9.59 Å². The predicted molar refractivity (Wildman–Crippen MR) is 136 cm³/mol. The number of hydrogen-bond acceptors (Lipinski definition) is 6. The standard InChI is InChI=1S/C25H29N3O3S2/c1-4-13-28-24(30)22-19-10-5-16(2)14-20(19)33-23(22)27-25(28)32-15-21(29)26-12-11-17-6-8-18(31-3)9-7-17/h4,6-9,16H,1,5,10-15H2,2-3H3,(H,26,29)/t16-/m0/s1. The van der Waals surface area contributed by atoms with Crippen LogP contribution >= 0.6 is 23.1 Å². The van der Waals surface area contributed by atoms with Crippen molar-refractivity contribution >= 4 is 39.2 Å². The topological polar surface area (TPSA) is 73.2 Å². The molecule has 1 amide bonds. The van der Waals surface area contributed by atoms with Crippen molar-refractivity contribution in [2.45, 2.75) is 44.3 Å². The van der Waals surface area contributed by atoms with Crippen LogP contribution in [0.3, 0.4) is 0 Å². The normalized spacial score (nSPS) is 15.3. The van der Waals surface area contributed by atoms with Gasteiger partial charge in [0, 0.05) is 18.0 Å². The highest BCUT2D eigenvalue weighted by Crippen LogP contribution is 2.36. The monoisotopic (exact) mass is 483 g/mol. The summed E-state index contributed by atoms with van der Waals surface area (Å²) in [5.41, 5.74) is 2.29. The van der Waals surface area contributed by atoms with E-state index in [2.05, 4.69) is 18.8 Å². The Bertz CT molecular complexity index is 1210. The molecule has 2 heterocycles. The summed E-state index contributed by atoms with van der Waals surface area (Å²) in [5, 5.41) is 4.29. The number of rotatable bonds is 9. The van der Waals surface area contributed by atoms with Crippen molar-refractivity contribution in [2.75, 3.05) is 19.4 Å². The van der Waals surface area contributed by atoms with Crippen LogP contribution < -0.4 is 15.6 Å². The maximum atomic E-state index is 13.3. The lowest BCUT2D eigenvalue weighted by atomic mass is 9.89. The molecule has 8 heteroatoms. The van der Waals surface area contributed by atoms with E-state index in [1.54, 1.807) is 29.1 Å². The summed E-state index contributed by atoms with van der Waals surface area (Å²) < 4.78 is 6.82. The number of allylic oxidation sites excluding steroid dienone is 1. The Labute approximate surface area is 202 Å². The molecule has 1 aliphatic carbocycles. The number of amides is 1. The van der Waals surface area contributed by atoms with Crippen molar-refractivity contribution < 1.29 is 9.53 Å². The molecule has 6 nitrogen and oxygen atoms in total. The van der Waals surface area contributed by atoms with Gasteiger partial charge in [-0.15, -0.1) is 17.9 Å². The Hall–Kier alpha value is -2.58. The molecule has 0 saturated carbocycles. The number of aromatic nitrogens is 2. The molecular weight excluding hydrogens is 454 g/mol. The number of aryl methyl sites for hydroxylation is 1. The van der Waals surface area contributed by atoms with E-state index >= 15 is 0 Å². The molecule has 0 radical (unpaired) electrons. The largest absolute Gasteiger partial charge is 0.497 e. The zero-order valence-corrected chi connectivity index (χ0v) is 20.7. The van der Waals surface area contributed by atoms with Crippen LogP contribution in [0.1, 0.15) is 29.3 Å². The van der Waals surface area contributed by atoms with Crippen LogP contribution in [0.25, 0.3) is 10.2 Å². The van der Waals surface area contributed by atoms with Gasteiger partial charge in [0.15, 0.2) is 5.16 Å². The maximum Gasteiger partial charge on any atom is 0.263 e. The lowest BCUT2D eigenvalue weighted by Gasteiger charge is -2.17. The Morgan fingerprint density at radius 1 is 1.39 bits per heavy atom. The first-order valence-corrected chi connectivity index (χ1v) is 13.0. The number of ether oxygens (including phenoxy) is 1. The molecular formula is C25H29N3O3S2. The van der Waals surface area contributed by atoms with Crippen molar-refractivity contribution in [2.24, 2.45) is 5.92 Å². The molecule has 1 aliphatic rings. The van der Waals surface area contributed by atoms with Gasteiger partial charge in [-0.05, 0) is 54.9 Å².